The summed E-state index contributed by atoms with van der Waals surface area (Å²) >= 11 is 1.43. The second-order valence-electron chi connectivity index (χ2n) is 5.48. The van der Waals surface area contributed by atoms with E-state index >= 15 is 0 Å². The lowest BCUT2D eigenvalue weighted by Gasteiger charge is -2.09. The van der Waals surface area contributed by atoms with Crippen LogP contribution in [0, 0.1) is 0 Å². The summed E-state index contributed by atoms with van der Waals surface area (Å²) in [5, 5.41) is 3.30. The van der Waals surface area contributed by atoms with Crippen molar-refractivity contribution in [2.24, 2.45) is 0 Å². The van der Waals surface area contributed by atoms with Gasteiger partial charge in [-0.2, -0.15) is 0 Å². The summed E-state index contributed by atoms with van der Waals surface area (Å²) in [6, 6.07) is 14.9. The number of methoxy groups -OCH3 is 1. The second kappa shape index (κ2) is 8.53. The Labute approximate surface area is 154 Å². The maximum Gasteiger partial charge on any atom is 0.307 e. The van der Waals surface area contributed by atoms with Crippen LogP contribution in [0.3, 0.4) is 0 Å². The van der Waals surface area contributed by atoms with Gasteiger partial charge < -0.3 is 14.5 Å². The van der Waals surface area contributed by atoms with Crippen LogP contribution in [-0.4, -0.2) is 30.5 Å². The van der Waals surface area contributed by atoms with Crippen molar-refractivity contribution in [3.8, 4) is 0 Å². The molecule has 0 fully saturated rings. The minimum atomic E-state index is -0.356. The number of nitrogens with zero attached hydrogens (tertiary/aromatic N) is 1. The van der Waals surface area contributed by atoms with E-state index in [0.29, 0.717) is 16.5 Å². The number of rotatable bonds is 7. The van der Waals surface area contributed by atoms with E-state index in [1.54, 1.807) is 6.07 Å². The Balaban J connectivity index is 1.64. The molecule has 2 aromatic carbocycles. The van der Waals surface area contributed by atoms with E-state index in [9.17, 15) is 9.59 Å². The number of hydrogen-bond donors (Lipinski definition) is 1. The molecule has 0 spiro atoms. The molecule has 0 saturated heterocycles. The average molecular weight is 370 g/mol. The summed E-state index contributed by atoms with van der Waals surface area (Å²) in [5.74, 6) is -0.0271. The SMILES string of the molecule is COC(=O)CCNC(=O)c1ccccc1CSc1nc2ccccc2o1. The highest BCUT2D eigenvalue weighted by molar-refractivity contribution is 7.98. The molecule has 1 N–H and O–H groups in total. The molecule has 26 heavy (non-hydrogen) atoms. The summed E-state index contributed by atoms with van der Waals surface area (Å²) in [6.07, 6.45) is 0.141. The van der Waals surface area contributed by atoms with E-state index in [-0.39, 0.29) is 24.8 Å². The molecule has 0 radical (unpaired) electrons. The van der Waals surface area contributed by atoms with Gasteiger partial charge in [0.15, 0.2) is 5.58 Å². The van der Waals surface area contributed by atoms with Crippen LogP contribution in [0.1, 0.15) is 22.3 Å². The third kappa shape index (κ3) is 4.43. The molecule has 0 aliphatic carbocycles. The molecule has 1 amide bonds. The fourth-order valence-corrected chi connectivity index (χ4v) is 3.24. The Kier molecular flexibility index (Phi) is 5.91. The minimum Gasteiger partial charge on any atom is -0.469 e. The van der Waals surface area contributed by atoms with Crippen molar-refractivity contribution in [3.05, 3.63) is 59.7 Å². The van der Waals surface area contributed by atoms with Gasteiger partial charge in [-0.3, -0.25) is 9.59 Å². The molecule has 0 atom stereocenters. The Bertz CT molecular complexity index is 890. The fourth-order valence-electron chi connectivity index (χ4n) is 2.40. The lowest BCUT2D eigenvalue weighted by molar-refractivity contribution is -0.140. The summed E-state index contributed by atoms with van der Waals surface area (Å²) in [5.41, 5.74) is 2.99. The van der Waals surface area contributed by atoms with E-state index in [1.165, 1.54) is 18.9 Å². The number of hydrogen-bond acceptors (Lipinski definition) is 6. The zero-order valence-electron chi connectivity index (χ0n) is 14.2. The van der Waals surface area contributed by atoms with Crippen LogP contribution >= 0.6 is 11.8 Å². The van der Waals surface area contributed by atoms with E-state index < -0.39 is 0 Å². The van der Waals surface area contributed by atoms with Crippen LogP contribution in [0.4, 0.5) is 0 Å². The Hall–Kier alpha value is -2.80. The number of nitrogens with one attached hydrogen (secondary N) is 1. The molecule has 3 rings (SSSR count). The smallest absolute Gasteiger partial charge is 0.307 e. The van der Waals surface area contributed by atoms with Crippen LogP contribution in [0.2, 0.25) is 0 Å². The standard InChI is InChI=1S/C19H18N2O4S/c1-24-17(22)10-11-20-18(23)14-7-3-2-6-13(14)12-26-19-21-15-8-4-5-9-16(15)25-19/h2-9H,10-12H2,1H3,(H,20,23). The number of oxazole rings is 1. The van der Waals surface area contributed by atoms with Crippen molar-refractivity contribution in [1.82, 2.24) is 10.3 Å². The van der Waals surface area contributed by atoms with Gasteiger partial charge in [0.2, 0.25) is 0 Å². The normalized spacial score (nSPS) is 10.7. The van der Waals surface area contributed by atoms with Crippen LogP contribution in [-0.2, 0) is 15.3 Å². The molecule has 1 aromatic heterocycles. The fraction of sp³-hybridized carbons (Fsp3) is 0.211. The number of aromatic nitrogens is 1. The molecule has 1 heterocycles. The van der Waals surface area contributed by atoms with E-state index in [1.807, 2.05) is 42.5 Å². The number of carbonyl (C=O) groups is 2. The number of benzene rings is 2. The van der Waals surface area contributed by atoms with Crippen molar-refractivity contribution in [3.63, 3.8) is 0 Å². The zero-order chi connectivity index (χ0) is 18.4. The van der Waals surface area contributed by atoms with E-state index in [0.717, 1.165) is 16.7 Å². The van der Waals surface area contributed by atoms with Gasteiger partial charge in [-0.1, -0.05) is 42.1 Å². The molecule has 0 saturated carbocycles. The van der Waals surface area contributed by atoms with Gasteiger partial charge >= 0.3 is 5.97 Å². The maximum absolute atomic E-state index is 12.4. The second-order valence-corrected chi connectivity index (χ2v) is 6.40. The predicted molar refractivity (Wildman–Crippen MR) is 99.0 cm³/mol. The first-order chi connectivity index (χ1) is 12.7. The monoisotopic (exact) mass is 370 g/mol. The first-order valence-corrected chi connectivity index (χ1v) is 9.07. The van der Waals surface area contributed by atoms with Crippen molar-refractivity contribution >= 4 is 34.7 Å². The minimum absolute atomic E-state index is 0.141. The summed E-state index contributed by atoms with van der Waals surface area (Å²) in [6.45, 7) is 0.234. The molecule has 0 bridgehead atoms. The number of ether oxygens (including phenoxy) is 1. The van der Waals surface area contributed by atoms with Crippen LogP contribution in [0.25, 0.3) is 11.1 Å². The first-order valence-electron chi connectivity index (χ1n) is 8.08. The van der Waals surface area contributed by atoms with Gasteiger partial charge in [0.05, 0.1) is 13.5 Å². The predicted octanol–water partition coefficient (Wildman–Crippen LogP) is 3.41. The summed E-state index contributed by atoms with van der Waals surface area (Å²) < 4.78 is 10.3. The number of thioether (sulfide) groups is 1. The molecule has 0 unspecified atom stereocenters. The Morgan fingerprint density at radius 3 is 2.73 bits per heavy atom. The number of carbonyl (C=O) groups excluding carboxylic acids is 2. The van der Waals surface area contributed by atoms with Crippen molar-refractivity contribution in [1.29, 1.82) is 0 Å². The maximum atomic E-state index is 12.4. The first kappa shape index (κ1) is 18.0. The average Bonchev–Trinajstić information content (AvgIpc) is 3.09. The summed E-state index contributed by atoms with van der Waals surface area (Å²) in [4.78, 5) is 27.9. The Morgan fingerprint density at radius 2 is 1.92 bits per heavy atom. The Morgan fingerprint density at radius 1 is 1.15 bits per heavy atom. The molecule has 0 aliphatic heterocycles. The third-order valence-electron chi connectivity index (χ3n) is 3.73. The van der Waals surface area contributed by atoms with Crippen molar-refractivity contribution in [2.45, 2.75) is 17.4 Å². The van der Waals surface area contributed by atoms with Crippen LogP contribution in [0.15, 0.2) is 58.2 Å². The molecule has 6 nitrogen and oxygen atoms in total. The van der Waals surface area contributed by atoms with Gasteiger partial charge in [0.1, 0.15) is 5.52 Å². The van der Waals surface area contributed by atoms with Gasteiger partial charge in [-0.25, -0.2) is 4.98 Å². The highest BCUT2D eigenvalue weighted by atomic mass is 32.2. The van der Waals surface area contributed by atoms with Crippen LogP contribution < -0.4 is 5.32 Å². The van der Waals surface area contributed by atoms with Gasteiger partial charge in [0, 0.05) is 17.9 Å². The molecule has 3 aromatic rings. The summed E-state index contributed by atoms with van der Waals surface area (Å²) in [7, 11) is 1.32. The highest BCUT2D eigenvalue weighted by Gasteiger charge is 2.13. The molecular formula is C19H18N2O4S. The van der Waals surface area contributed by atoms with E-state index in [2.05, 4.69) is 15.0 Å². The number of amides is 1. The van der Waals surface area contributed by atoms with Crippen molar-refractivity contribution < 1.29 is 18.7 Å². The number of fused-ring (bicyclic) bond motifs is 1. The van der Waals surface area contributed by atoms with Gasteiger partial charge in [-0.15, -0.1) is 0 Å². The van der Waals surface area contributed by atoms with Crippen molar-refractivity contribution in [2.75, 3.05) is 13.7 Å². The number of para-hydroxylation sites is 2. The van der Waals surface area contributed by atoms with E-state index in [4.69, 9.17) is 4.42 Å². The molecule has 0 aliphatic rings. The van der Waals surface area contributed by atoms with Gasteiger partial charge in [-0.05, 0) is 23.8 Å². The molecule has 7 heteroatoms. The lowest BCUT2D eigenvalue weighted by atomic mass is 10.1. The quantitative estimate of drug-likeness (QED) is 0.507. The molecule has 134 valence electrons. The topological polar surface area (TPSA) is 81.4 Å². The molecular weight excluding hydrogens is 352 g/mol. The van der Waals surface area contributed by atoms with Crippen LogP contribution in [0.5, 0.6) is 0 Å². The largest absolute Gasteiger partial charge is 0.469 e. The third-order valence-corrected chi connectivity index (χ3v) is 4.61. The highest BCUT2D eigenvalue weighted by Crippen LogP contribution is 2.27. The zero-order valence-corrected chi connectivity index (χ0v) is 15.0. The lowest BCUT2D eigenvalue weighted by Crippen LogP contribution is -2.27. The van der Waals surface area contributed by atoms with Gasteiger partial charge in [0.25, 0.3) is 11.1 Å². The number of esters is 1.